The largest absolute Gasteiger partial charge is 0.506 e. The molecule has 2 nitrogen and oxygen atoms in total. The lowest BCUT2D eigenvalue weighted by Crippen LogP contribution is -1.99. The lowest BCUT2D eigenvalue weighted by atomic mass is 10.1. The number of phenols is 1. The molecule has 56 valence electrons. The molecule has 0 saturated heterocycles. The molecule has 1 aromatic carbocycles. The third-order valence-corrected chi connectivity index (χ3v) is 1.81. The van der Waals surface area contributed by atoms with Gasteiger partial charge in [0, 0.05) is 0 Å². The number of nitrogens with one attached hydrogen (secondary N) is 1. The molecule has 0 saturated carbocycles. The van der Waals surface area contributed by atoms with Crippen LogP contribution in [0.1, 0.15) is 5.56 Å². The fourth-order valence-corrected chi connectivity index (χ4v) is 1.25. The molecular formula is C9H9NO. The summed E-state index contributed by atoms with van der Waals surface area (Å²) in [6, 6.07) is 5.55. The van der Waals surface area contributed by atoms with Gasteiger partial charge in [-0.2, -0.15) is 0 Å². The summed E-state index contributed by atoms with van der Waals surface area (Å²) in [6.45, 7) is 0. The predicted octanol–water partition coefficient (Wildman–Crippen LogP) is 1.87. The summed E-state index contributed by atoms with van der Waals surface area (Å²) >= 11 is 0. The zero-order valence-electron chi connectivity index (χ0n) is 6.04. The minimum absolute atomic E-state index is 0.326. The topological polar surface area (TPSA) is 32.3 Å². The standard InChI is InChI=1S/C9H9NO/c11-8-5-1-3-7-4-2-6-10-9(7)8/h1-3,5-6,10-11H,4H2. The van der Waals surface area contributed by atoms with Gasteiger partial charge in [-0.1, -0.05) is 18.2 Å². The van der Waals surface area contributed by atoms with E-state index in [4.69, 9.17) is 0 Å². The number of rotatable bonds is 0. The predicted molar refractivity (Wildman–Crippen MR) is 44.6 cm³/mol. The number of hydrogen-bond donors (Lipinski definition) is 2. The quantitative estimate of drug-likeness (QED) is 0.549. The third kappa shape index (κ3) is 0.963. The molecule has 0 fully saturated rings. The van der Waals surface area contributed by atoms with Crippen molar-refractivity contribution in [1.82, 2.24) is 0 Å². The van der Waals surface area contributed by atoms with Crippen molar-refractivity contribution >= 4 is 5.69 Å². The lowest BCUT2D eigenvalue weighted by Gasteiger charge is -2.13. The van der Waals surface area contributed by atoms with Crippen molar-refractivity contribution < 1.29 is 5.11 Å². The molecule has 0 unspecified atom stereocenters. The van der Waals surface area contributed by atoms with Gasteiger partial charge in [-0.05, 0) is 24.3 Å². The van der Waals surface area contributed by atoms with E-state index in [1.807, 2.05) is 24.4 Å². The molecule has 0 amide bonds. The normalized spacial score (nSPS) is 13.8. The first-order valence-corrected chi connectivity index (χ1v) is 3.60. The summed E-state index contributed by atoms with van der Waals surface area (Å²) in [6.07, 6.45) is 4.78. The van der Waals surface area contributed by atoms with E-state index in [2.05, 4.69) is 5.32 Å². The number of benzene rings is 1. The van der Waals surface area contributed by atoms with Crippen molar-refractivity contribution in [1.29, 1.82) is 0 Å². The highest BCUT2D eigenvalue weighted by Crippen LogP contribution is 2.29. The highest BCUT2D eigenvalue weighted by molar-refractivity contribution is 5.64. The Bertz CT molecular complexity index is 304. The zero-order valence-corrected chi connectivity index (χ0v) is 6.04. The summed E-state index contributed by atoms with van der Waals surface area (Å²) in [7, 11) is 0. The summed E-state index contributed by atoms with van der Waals surface area (Å²) in [5.74, 6) is 0.326. The number of fused-ring (bicyclic) bond motifs is 1. The fraction of sp³-hybridized carbons (Fsp3) is 0.111. The van der Waals surface area contributed by atoms with Crippen LogP contribution in [0, 0.1) is 0 Å². The van der Waals surface area contributed by atoms with Gasteiger partial charge in [-0.25, -0.2) is 0 Å². The Labute approximate surface area is 65.2 Å². The molecule has 11 heavy (non-hydrogen) atoms. The van der Waals surface area contributed by atoms with Gasteiger partial charge >= 0.3 is 0 Å². The highest BCUT2D eigenvalue weighted by Gasteiger charge is 2.06. The van der Waals surface area contributed by atoms with E-state index < -0.39 is 0 Å². The van der Waals surface area contributed by atoms with E-state index in [0.29, 0.717) is 5.75 Å². The van der Waals surface area contributed by atoms with Crippen molar-refractivity contribution in [3.05, 3.63) is 36.0 Å². The van der Waals surface area contributed by atoms with Crippen LogP contribution in [0.4, 0.5) is 5.69 Å². The monoisotopic (exact) mass is 147 g/mol. The Hall–Kier alpha value is -1.44. The van der Waals surface area contributed by atoms with Crippen LogP contribution in [0.15, 0.2) is 30.5 Å². The van der Waals surface area contributed by atoms with E-state index >= 15 is 0 Å². The Morgan fingerprint density at radius 1 is 1.36 bits per heavy atom. The molecule has 1 aliphatic rings. The molecule has 0 aromatic heterocycles. The van der Waals surface area contributed by atoms with E-state index in [0.717, 1.165) is 17.7 Å². The van der Waals surface area contributed by atoms with E-state index in [9.17, 15) is 5.11 Å². The van der Waals surface area contributed by atoms with E-state index in [-0.39, 0.29) is 0 Å². The molecule has 0 bridgehead atoms. The van der Waals surface area contributed by atoms with Crippen LogP contribution in [-0.4, -0.2) is 5.11 Å². The minimum atomic E-state index is 0.326. The van der Waals surface area contributed by atoms with Crippen LogP contribution in [0.2, 0.25) is 0 Å². The Morgan fingerprint density at radius 2 is 2.27 bits per heavy atom. The molecule has 0 aliphatic carbocycles. The maximum Gasteiger partial charge on any atom is 0.139 e. The van der Waals surface area contributed by atoms with Gasteiger partial charge in [-0.15, -0.1) is 0 Å². The van der Waals surface area contributed by atoms with Gasteiger partial charge in [-0.3, -0.25) is 0 Å². The number of phenolic OH excluding ortho intramolecular Hbond substituents is 1. The minimum Gasteiger partial charge on any atom is -0.506 e. The van der Waals surface area contributed by atoms with Gasteiger partial charge < -0.3 is 10.4 Å². The fourth-order valence-electron chi connectivity index (χ4n) is 1.25. The van der Waals surface area contributed by atoms with Crippen molar-refractivity contribution in [2.45, 2.75) is 6.42 Å². The van der Waals surface area contributed by atoms with Crippen molar-refractivity contribution in [2.24, 2.45) is 0 Å². The van der Waals surface area contributed by atoms with Crippen molar-refractivity contribution in [3.8, 4) is 5.75 Å². The van der Waals surface area contributed by atoms with Crippen LogP contribution >= 0.6 is 0 Å². The molecule has 2 heteroatoms. The van der Waals surface area contributed by atoms with Crippen LogP contribution in [0.5, 0.6) is 5.75 Å². The molecule has 0 radical (unpaired) electrons. The molecule has 0 atom stereocenters. The smallest absolute Gasteiger partial charge is 0.139 e. The SMILES string of the molecule is Oc1cccc2c1NC=CC2. The maximum atomic E-state index is 9.36. The first-order valence-electron chi connectivity index (χ1n) is 3.60. The summed E-state index contributed by atoms with van der Waals surface area (Å²) in [4.78, 5) is 0. The van der Waals surface area contributed by atoms with E-state index in [1.165, 1.54) is 0 Å². The van der Waals surface area contributed by atoms with Gasteiger partial charge in [0.2, 0.25) is 0 Å². The molecule has 0 spiro atoms. The van der Waals surface area contributed by atoms with Crippen LogP contribution in [0.25, 0.3) is 0 Å². The van der Waals surface area contributed by atoms with Gasteiger partial charge in [0.25, 0.3) is 0 Å². The second-order valence-corrected chi connectivity index (χ2v) is 2.56. The van der Waals surface area contributed by atoms with E-state index in [1.54, 1.807) is 6.07 Å². The average Bonchev–Trinajstić information content (AvgIpc) is 2.06. The molecule has 2 N–H and O–H groups in total. The third-order valence-electron chi connectivity index (χ3n) is 1.81. The van der Waals surface area contributed by atoms with Gasteiger partial charge in [0.05, 0.1) is 5.69 Å². The summed E-state index contributed by atoms with van der Waals surface area (Å²) in [5.41, 5.74) is 1.99. The maximum absolute atomic E-state index is 9.36. The van der Waals surface area contributed by atoms with Gasteiger partial charge in [0.1, 0.15) is 5.75 Å². The molecule has 1 aromatic rings. The second kappa shape index (κ2) is 2.31. The Balaban J connectivity index is 2.54. The summed E-state index contributed by atoms with van der Waals surface area (Å²) < 4.78 is 0. The van der Waals surface area contributed by atoms with Crippen LogP contribution in [-0.2, 0) is 6.42 Å². The number of aromatic hydroxyl groups is 1. The van der Waals surface area contributed by atoms with Crippen LogP contribution < -0.4 is 5.32 Å². The Morgan fingerprint density at radius 3 is 3.09 bits per heavy atom. The molecule has 1 aliphatic heterocycles. The average molecular weight is 147 g/mol. The van der Waals surface area contributed by atoms with Crippen LogP contribution in [0.3, 0.4) is 0 Å². The number of hydrogen-bond acceptors (Lipinski definition) is 2. The van der Waals surface area contributed by atoms with Gasteiger partial charge in [0.15, 0.2) is 0 Å². The molecular weight excluding hydrogens is 138 g/mol. The first kappa shape index (κ1) is 6.28. The number of allylic oxidation sites excluding steroid dienone is 1. The number of anilines is 1. The molecule has 1 heterocycles. The molecule has 2 rings (SSSR count). The summed E-state index contributed by atoms with van der Waals surface area (Å²) in [5, 5.41) is 12.4. The number of para-hydroxylation sites is 1. The highest BCUT2D eigenvalue weighted by atomic mass is 16.3. The van der Waals surface area contributed by atoms with Crippen molar-refractivity contribution in [2.75, 3.05) is 5.32 Å². The lowest BCUT2D eigenvalue weighted by molar-refractivity contribution is 0.477. The second-order valence-electron chi connectivity index (χ2n) is 2.56. The zero-order chi connectivity index (χ0) is 7.68. The Kier molecular flexibility index (Phi) is 1.32. The first-order chi connectivity index (χ1) is 5.38. The van der Waals surface area contributed by atoms with Crippen molar-refractivity contribution in [3.63, 3.8) is 0 Å².